The van der Waals surface area contributed by atoms with Crippen molar-refractivity contribution in [3.8, 4) is 0 Å². The number of nitrogens with zero attached hydrogens (tertiary/aromatic N) is 2. The SMILES string of the molecule is CCNC(=NCC(c1ccccc1)c1ccccc1)N1CCC(COC)C1. The second-order valence-corrected chi connectivity index (χ2v) is 7.12. The van der Waals surface area contributed by atoms with Gasteiger partial charge >= 0.3 is 0 Å². The van der Waals surface area contributed by atoms with Crippen LogP contribution in [0, 0.1) is 5.92 Å². The maximum absolute atomic E-state index is 5.34. The Morgan fingerprint density at radius 2 is 1.74 bits per heavy atom. The molecule has 144 valence electrons. The Morgan fingerprint density at radius 3 is 2.30 bits per heavy atom. The molecule has 1 fully saturated rings. The van der Waals surface area contributed by atoms with E-state index in [1.807, 2.05) is 0 Å². The Labute approximate surface area is 163 Å². The predicted octanol–water partition coefficient (Wildman–Crippen LogP) is 3.75. The van der Waals surface area contributed by atoms with Gasteiger partial charge in [-0.05, 0) is 24.5 Å². The quantitative estimate of drug-likeness (QED) is 0.600. The minimum atomic E-state index is 0.262. The fraction of sp³-hybridized carbons (Fsp3) is 0.435. The monoisotopic (exact) mass is 365 g/mol. The molecule has 27 heavy (non-hydrogen) atoms. The molecule has 4 nitrogen and oxygen atoms in total. The van der Waals surface area contributed by atoms with Crippen LogP contribution in [-0.2, 0) is 4.74 Å². The zero-order chi connectivity index (χ0) is 18.9. The lowest BCUT2D eigenvalue weighted by molar-refractivity contribution is 0.157. The van der Waals surface area contributed by atoms with E-state index in [0.29, 0.717) is 5.92 Å². The number of hydrogen-bond acceptors (Lipinski definition) is 2. The average molecular weight is 366 g/mol. The maximum atomic E-state index is 5.34. The van der Waals surface area contributed by atoms with Crippen molar-refractivity contribution in [2.75, 3.05) is 39.9 Å². The van der Waals surface area contributed by atoms with Crippen LogP contribution in [-0.4, -0.2) is 50.8 Å². The van der Waals surface area contributed by atoms with Crippen molar-refractivity contribution in [1.29, 1.82) is 0 Å². The summed E-state index contributed by atoms with van der Waals surface area (Å²) in [5.74, 6) is 1.88. The molecule has 0 bridgehead atoms. The third kappa shape index (κ3) is 5.33. The molecule has 2 aromatic carbocycles. The molecule has 0 radical (unpaired) electrons. The highest BCUT2D eigenvalue weighted by molar-refractivity contribution is 5.80. The van der Waals surface area contributed by atoms with Crippen LogP contribution >= 0.6 is 0 Å². The fourth-order valence-electron chi connectivity index (χ4n) is 3.77. The summed E-state index contributed by atoms with van der Waals surface area (Å²) in [6.45, 7) is 6.63. The largest absolute Gasteiger partial charge is 0.384 e. The van der Waals surface area contributed by atoms with Crippen LogP contribution in [0.2, 0.25) is 0 Å². The number of ether oxygens (including phenoxy) is 1. The molecule has 1 saturated heterocycles. The van der Waals surface area contributed by atoms with Crippen molar-refractivity contribution >= 4 is 5.96 Å². The highest BCUT2D eigenvalue weighted by Crippen LogP contribution is 2.25. The number of aliphatic imine (C=N–C) groups is 1. The molecule has 1 aliphatic rings. The molecule has 1 unspecified atom stereocenters. The second kappa shape index (κ2) is 10.1. The number of methoxy groups -OCH3 is 1. The normalized spacial score (nSPS) is 17.5. The number of guanidine groups is 1. The number of hydrogen-bond donors (Lipinski definition) is 1. The van der Waals surface area contributed by atoms with Crippen LogP contribution in [0.3, 0.4) is 0 Å². The van der Waals surface area contributed by atoms with Gasteiger partial charge in [0.05, 0.1) is 13.2 Å². The molecule has 2 aromatic rings. The van der Waals surface area contributed by atoms with E-state index in [4.69, 9.17) is 9.73 Å². The summed E-state index contributed by atoms with van der Waals surface area (Å²) >= 11 is 0. The average Bonchev–Trinajstić information content (AvgIpc) is 3.18. The number of rotatable bonds is 7. The highest BCUT2D eigenvalue weighted by Gasteiger charge is 2.25. The Kier molecular flexibility index (Phi) is 7.28. The van der Waals surface area contributed by atoms with E-state index >= 15 is 0 Å². The topological polar surface area (TPSA) is 36.9 Å². The van der Waals surface area contributed by atoms with Crippen molar-refractivity contribution < 1.29 is 4.74 Å². The lowest BCUT2D eigenvalue weighted by Crippen LogP contribution is -2.40. The van der Waals surface area contributed by atoms with Crippen LogP contribution in [0.25, 0.3) is 0 Å². The first kappa shape index (κ1) is 19.4. The van der Waals surface area contributed by atoms with Gasteiger partial charge in [0.25, 0.3) is 0 Å². The third-order valence-corrected chi connectivity index (χ3v) is 5.15. The molecule has 0 amide bonds. The van der Waals surface area contributed by atoms with Gasteiger partial charge in [0.1, 0.15) is 0 Å². The fourth-order valence-corrected chi connectivity index (χ4v) is 3.77. The molecule has 0 aliphatic carbocycles. The zero-order valence-corrected chi connectivity index (χ0v) is 16.5. The summed E-state index contributed by atoms with van der Waals surface area (Å²) in [7, 11) is 1.78. The van der Waals surface area contributed by atoms with E-state index in [1.165, 1.54) is 17.5 Å². The van der Waals surface area contributed by atoms with E-state index in [-0.39, 0.29) is 5.92 Å². The molecule has 1 aliphatic heterocycles. The summed E-state index contributed by atoms with van der Waals surface area (Å²) in [6, 6.07) is 21.4. The van der Waals surface area contributed by atoms with Gasteiger partial charge < -0.3 is 15.0 Å². The molecule has 0 aromatic heterocycles. The van der Waals surface area contributed by atoms with Gasteiger partial charge in [-0.25, -0.2) is 0 Å². The van der Waals surface area contributed by atoms with Crippen LogP contribution in [0.4, 0.5) is 0 Å². The van der Waals surface area contributed by atoms with E-state index < -0.39 is 0 Å². The summed E-state index contributed by atoms with van der Waals surface area (Å²) in [4.78, 5) is 7.41. The molecular formula is C23H31N3O. The molecule has 0 saturated carbocycles. The Hall–Kier alpha value is -2.33. The number of nitrogens with one attached hydrogen (secondary N) is 1. The maximum Gasteiger partial charge on any atom is 0.193 e. The van der Waals surface area contributed by atoms with Crippen LogP contribution in [0.1, 0.15) is 30.4 Å². The summed E-state index contributed by atoms with van der Waals surface area (Å²) < 4.78 is 5.34. The predicted molar refractivity (Wildman–Crippen MR) is 112 cm³/mol. The van der Waals surface area contributed by atoms with E-state index in [9.17, 15) is 0 Å². The van der Waals surface area contributed by atoms with Crippen molar-refractivity contribution in [2.45, 2.75) is 19.3 Å². The Morgan fingerprint density at radius 1 is 1.11 bits per heavy atom. The molecule has 1 heterocycles. The van der Waals surface area contributed by atoms with Gasteiger partial charge in [-0.3, -0.25) is 4.99 Å². The van der Waals surface area contributed by atoms with Gasteiger partial charge in [0, 0.05) is 38.6 Å². The van der Waals surface area contributed by atoms with Gasteiger partial charge in [0.2, 0.25) is 0 Å². The number of likely N-dealkylation sites (tertiary alicyclic amines) is 1. The third-order valence-electron chi connectivity index (χ3n) is 5.15. The highest BCUT2D eigenvalue weighted by atomic mass is 16.5. The molecular weight excluding hydrogens is 334 g/mol. The van der Waals surface area contributed by atoms with Crippen molar-refractivity contribution in [3.63, 3.8) is 0 Å². The first-order valence-corrected chi connectivity index (χ1v) is 9.94. The number of benzene rings is 2. The first-order valence-electron chi connectivity index (χ1n) is 9.94. The van der Waals surface area contributed by atoms with E-state index in [0.717, 1.165) is 38.7 Å². The van der Waals surface area contributed by atoms with Gasteiger partial charge in [-0.15, -0.1) is 0 Å². The Balaban J connectivity index is 1.79. The minimum Gasteiger partial charge on any atom is -0.384 e. The van der Waals surface area contributed by atoms with Crippen molar-refractivity contribution in [3.05, 3.63) is 71.8 Å². The molecule has 4 heteroatoms. The van der Waals surface area contributed by atoms with E-state index in [1.54, 1.807) is 7.11 Å². The van der Waals surface area contributed by atoms with Crippen molar-refractivity contribution in [1.82, 2.24) is 10.2 Å². The van der Waals surface area contributed by atoms with Gasteiger partial charge in [-0.1, -0.05) is 60.7 Å². The van der Waals surface area contributed by atoms with Crippen LogP contribution in [0.15, 0.2) is 65.7 Å². The second-order valence-electron chi connectivity index (χ2n) is 7.12. The molecule has 1 N–H and O–H groups in total. The van der Waals surface area contributed by atoms with Crippen LogP contribution in [0.5, 0.6) is 0 Å². The molecule has 3 rings (SSSR count). The molecule has 0 spiro atoms. The zero-order valence-electron chi connectivity index (χ0n) is 16.5. The summed E-state index contributed by atoms with van der Waals surface area (Å²) in [5, 5.41) is 3.48. The summed E-state index contributed by atoms with van der Waals surface area (Å²) in [5.41, 5.74) is 2.61. The minimum absolute atomic E-state index is 0.262. The molecule has 1 atom stereocenters. The smallest absolute Gasteiger partial charge is 0.193 e. The summed E-state index contributed by atoms with van der Waals surface area (Å²) in [6.07, 6.45) is 1.17. The lowest BCUT2D eigenvalue weighted by Gasteiger charge is -2.23. The van der Waals surface area contributed by atoms with Gasteiger partial charge in [0.15, 0.2) is 5.96 Å². The first-order chi connectivity index (χ1) is 13.3. The standard InChI is InChI=1S/C23H31N3O/c1-3-24-23(26-15-14-19(17-26)18-27-2)25-16-22(20-10-6-4-7-11-20)21-12-8-5-9-13-21/h4-13,19,22H,3,14-18H2,1-2H3,(H,24,25). The van der Waals surface area contributed by atoms with E-state index in [2.05, 4.69) is 77.8 Å². The van der Waals surface area contributed by atoms with Gasteiger partial charge in [-0.2, -0.15) is 0 Å². The van der Waals surface area contributed by atoms with Crippen molar-refractivity contribution in [2.24, 2.45) is 10.9 Å². The van der Waals surface area contributed by atoms with Crippen LogP contribution < -0.4 is 5.32 Å². The Bertz CT molecular complexity index is 663. The lowest BCUT2D eigenvalue weighted by atomic mass is 9.91.